The van der Waals surface area contributed by atoms with Gasteiger partial charge in [-0.15, -0.1) is 0 Å². The molecule has 4 rings (SSSR count). The zero-order valence-electron chi connectivity index (χ0n) is 22.4. The highest BCUT2D eigenvalue weighted by Gasteiger charge is 2.51. The van der Waals surface area contributed by atoms with Gasteiger partial charge in [-0.05, 0) is 60.4 Å². The van der Waals surface area contributed by atoms with Gasteiger partial charge in [0.05, 0.1) is 11.1 Å². The van der Waals surface area contributed by atoms with Crippen LogP contribution in [-0.2, 0) is 6.42 Å². The Morgan fingerprint density at radius 2 is 1.44 bits per heavy atom. The van der Waals surface area contributed by atoms with Crippen molar-refractivity contribution in [3.63, 3.8) is 0 Å². The maximum absolute atomic E-state index is 14.8. The summed E-state index contributed by atoms with van der Waals surface area (Å²) in [5.41, 5.74) is -0.863. The number of aryl methyl sites for hydroxylation is 1. The van der Waals surface area contributed by atoms with Crippen molar-refractivity contribution >= 4 is 0 Å². The quantitative estimate of drug-likeness (QED) is 0.107. The monoisotopic (exact) mass is 612 g/mol. The summed E-state index contributed by atoms with van der Waals surface area (Å²) in [6.45, 7) is 1.99. The molecular formula is C32H22F10O. The molecule has 1 aliphatic rings. The van der Waals surface area contributed by atoms with Gasteiger partial charge in [0.25, 0.3) is 0 Å². The molecule has 2 atom stereocenters. The Bertz CT molecular complexity index is 1600. The van der Waals surface area contributed by atoms with Crippen molar-refractivity contribution in [2.24, 2.45) is 5.92 Å². The largest absolute Gasteiger partial charge is 0.432 e. The van der Waals surface area contributed by atoms with E-state index in [1.54, 1.807) is 0 Å². The molecule has 0 radical (unpaired) electrons. The molecular weight excluding hydrogens is 590 g/mol. The lowest BCUT2D eigenvalue weighted by Crippen LogP contribution is -2.41. The highest BCUT2D eigenvalue weighted by atomic mass is 19.3. The van der Waals surface area contributed by atoms with E-state index < -0.39 is 75.8 Å². The molecule has 0 saturated heterocycles. The van der Waals surface area contributed by atoms with Gasteiger partial charge in [0.1, 0.15) is 41.1 Å². The zero-order chi connectivity index (χ0) is 31.5. The van der Waals surface area contributed by atoms with E-state index >= 15 is 0 Å². The Kier molecular flexibility index (Phi) is 9.58. The fraction of sp³-hybridized carbons (Fsp3) is 0.250. The van der Waals surface area contributed by atoms with E-state index in [1.807, 2.05) is 6.92 Å². The van der Waals surface area contributed by atoms with Crippen LogP contribution in [0.25, 0.3) is 11.1 Å². The van der Waals surface area contributed by atoms with E-state index in [0.717, 1.165) is 31.4 Å². The number of benzene rings is 3. The van der Waals surface area contributed by atoms with Crippen LogP contribution in [0.3, 0.4) is 0 Å². The van der Waals surface area contributed by atoms with E-state index in [0.29, 0.717) is 24.1 Å². The highest BCUT2D eigenvalue weighted by Crippen LogP contribution is 2.41. The first-order valence-electron chi connectivity index (χ1n) is 13.0. The first-order chi connectivity index (χ1) is 20.3. The van der Waals surface area contributed by atoms with Crippen LogP contribution < -0.4 is 4.74 Å². The van der Waals surface area contributed by atoms with Crippen LogP contribution in [0.1, 0.15) is 37.3 Å². The number of hydrogen-bond donors (Lipinski definition) is 0. The molecule has 0 spiro atoms. The third-order valence-electron chi connectivity index (χ3n) is 6.59. The molecule has 2 unspecified atom stereocenters. The van der Waals surface area contributed by atoms with Gasteiger partial charge in [-0.1, -0.05) is 37.7 Å². The fourth-order valence-corrected chi connectivity index (χ4v) is 4.48. The van der Waals surface area contributed by atoms with Crippen molar-refractivity contribution in [1.29, 1.82) is 0 Å². The first kappa shape index (κ1) is 31.7. The lowest BCUT2D eigenvalue weighted by molar-refractivity contribution is -0.219. The van der Waals surface area contributed by atoms with Gasteiger partial charge in [-0.3, -0.25) is 0 Å². The smallest absolute Gasteiger partial charge is 0.410 e. The Morgan fingerprint density at radius 1 is 0.791 bits per heavy atom. The van der Waals surface area contributed by atoms with Crippen molar-refractivity contribution in [3.8, 4) is 28.7 Å². The molecule has 0 saturated carbocycles. The van der Waals surface area contributed by atoms with Crippen molar-refractivity contribution in [1.82, 2.24) is 0 Å². The molecule has 0 N–H and O–H groups in total. The number of alkyl halides is 3. The Balaban J connectivity index is 1.51. The van der Waals surface area contributed by atoms with Gasteiger partial charge in [0, 0.05) is 17.7 Å². The van der Waals surface area contributed by atoms with Crippen molar-refractivity contribution in [2.75, 3.05) is 0 Å². The third kappa shape index (κ3) is 7.24. The summed E-state index contributed by atoms with van der Waals surface area (Å²) in [5.74, 6) is -9.74. The minimum atomic E-state index is -4.67. The van der Waals surface area contributed by atoms with Crippen LogP contribution in [0, 0.1) is 52.7 Å². The number of halogens is 10. The number of hydrogen-bond acceptors (Lipinski definition) is 1. The number of allylic oxidation sites excluding steroid dienone is 3. The number of unbranched alkanes of at least 4 members (excludes halogenated alkanes) is 2. The number of ether oxygens (including phenoxy) is 1. The molecule has 0 aromatic heterocycles. The van der Waals surface area contributed by atoms with Gasteiger partial charge in [-0.25, -0.2) is 35.1 Å². The summed E-state index contributed by atoms with van der Waals surface area (Å²) in [6, 6.07) is 5.66. The van der Waals surface area contributed by atoms with E-state index in [2.05, 4.69) is 16.6 Å². The normalized spacial score (nSPS) is 16.7. The number of rotatable bonds is 8. The van der Waals surface area contributed by atoms with Crippen LogP contribution in [0.15, 0.2) is 66.0 Å². The average molecular weight is 613 g/mol. The van der Waals surface area contributed by atoms with Crippen molar-refractivity contribution in [3.05, 3.63) is 112 Å². The molecule has 1 nitrogen and oxygen atoms in total. The first-order valence-corrected chi connectivity index (χ1v) is 13.0. The average Bonchev–Trinajstić information content (AvgIpc) is 2.90. The second kappa shape index (κ2) is 13.0. The van der Waals surface area contributed by atoms with Crippen LogP contribution in [-0.4, -0.2) is 12.3 Å². The van der Waals surface area contributed by atoms with Crippen LogP contribution in [0.5, 0.6) is 5.75 Å². The molecule has 1 aliphatic carbocycles. The van der Waals surface area contributed by atoms with Gasteiger partial charge in [-0.2, -0.15) is 8.78 Å². The van der Waals surface area contributed by atoms with Crippen LogP contribution in [0.4, 0.5) is 43.9 Å². The van der Waals surface area contributed by atoms with E-state index in [1.165, 1.54) is 18.2 Å². The third-order valence-corrected chi connectivity index (χ3v) is 6.59. The van der Waals surface area contributed by atoms with Gasteiger partial charge in [0.15, 0.2) is 17.5 Å². The molecule has 0 amide bonds. The highest BCUT2D eigenvalue weighted by molar-refractivity contribution is 5.67. The SMILES string of the molecule is CCCCCc1cc(F)c(-c2ccc(C#CC3=CC(F)C(C(F)(F)Oc4cc(F)c(F)c(F)c4)C(F)=C3)c(F)c2)c(F)c1. The second-order valence-electron chi connectivity index (χ2n) is 9.77. The lowest BCUT2D eigenvalue weighted by atomic mass is 9.92. The van der Waals surface area contributed by atoms with Crippen LogP contribution >= 0.6 is 0 Å². The molecule has 0 heterocycles. The van der Waals surface area contributed by atoms with E-state index in [4.69, 9.17) is 0 Å². The molecule has 0 bridgehead atoms. The van der Waals surface area contributed by atoms with E-state index in [-0.39, 0.29) is 23.3 Å². The van der Waals surface area contributed by atoms with E-state index in [9.17, 15) is 43.9 Å². The Hall–Kier alpha value is -4.20. The van der Waals surface area contributed by atoms with Gasteiger partial charge >= 0.3 is 6.11 Å². The summed E-state index contributed by atoms with van der Waals surface area (Å²) < 4.78 is 146. The molecule has 0 aliphatic heterocycles. The Labute approximate surface area is 240 Å². The summed E-state index contributed by atoms with van der Waals surface area (Å²) >= 11 is 0. The van der Waals surface area contributed by atoms with Crippen LogP contribution in [0.2, 0.25) is 0 Å². The molecule has 43 heavy (non-hydrogen) atoms. The molecule has 3 aromatic carbocycles. The predicted octanol–water partition coefficient (Wildman–Crippen LogP) is 9.69. The van der Waals surface area contributed by atoms with Gasteiger partial charge < -0.3 is 4.74 Å². The molecule has 226 valence electrons. The summed E-state index contributed by atoms with van der Waals surface area (Å²) in [4.78, 5) is 0. The molecule has 11 heteroatoms. The minimum Gasteiger partial charge on any atom is -0.432 e. The van der Waals surface area contributed by atoms with Crippen molar-refractivity contribution in [2.45, 2.75) is 44.9 Å². The predicted molar refractivity (Wildman–Crippen MR) is 139 cm³/mol. The maximum Gasteiger partial charge on any atom is 0.410 e. The zero-order valence-corrected chi connectivity index (χ0v) is 22.4. The Morgan fingerprint density at radius 3 is 2.02 bits per heavy atom. The second-order valence-corrected chi connectivity index (χ2v) is 9.77. The molecule has 3 aromatic rings. The summed E-state index contributed by atoms with van der Waals surface area (Å²) in [5, 5.41) is 0. The fourth-order valence-electron chi connectivity index (χ4n) is 4.48. The molecule has 0 fully saturated rings. The minimum absolute atomic E-state index is 0.0863. The lowest BCUT2D eigenvalue weighted by Gasteiger charge is -2.29. The summed E-state index contributed by atoms with van der Waals surface area (Å²) in [6.07, 6.45) is -3.41. The van der Waals surface area contributed by atoms with Crippen molar-refractivity contribution < 1.29 is 48.6 Å². The summed E-state index contributed by atoms with van der Waals surface area (Å²) in [7, 11) is 0. The standard InChI is InChI=1S/C32H22F10O/c1-2-3-4-5-17-10-23(34)29(24(35)11-17)20-9-8-19(22(33)14-20)7-6-18-12-25(36)30(26(37)13-18)32(41,42)43-21-15-27(38)31(40)28(39)16-21/h8-16,25,30H,2-5H2,1H3. The van der Waals surface area contributed by atoms with Gasteiger partial charge in [0.2, 0.25) is 0 Å². The maximum atomic E-state index is 14.8. The topological polar surface area (TPSA) is 9.23 Å².